The Hall–Kier alpha value is -0.830. The van der Waals surface area contributed by atoms with Crippen LogP contribution in [0.15, 0.2) is 18.2 Å². The van der Waals surface area contributed by atoms with Gasteiger partial charge in [-0.05, 0) is 37.6 Å². The molecule has 0 atom stereocenters. The lowest BCUT2D eigenvalue weighted by Crippen LogP contribution is -1.95. The molecular formula is C12H9Cl3N2. The van der Waals surface area contributed by atoms with E-state index in [0.29, 0.717) is 26.7 Å². The van der Waals surface area contributed by atoms with E-state index in [9.17, 15) is 0 Å². The maximum absolute atomic E-state index is 5.99. The highest BCUT2D eigenvalue weighted by molar-refractivity contribution is 6.34. The molecule has 0 saturated heterocycles. The Morgan fingerprint density at radius 2 is 1.53 bits per heavy atom. The zero-order valence-electron chi connectivity index (χ0n) is 9.26. The standard InChI is InChI=1S/C12H9Cl3N2/c1-6-5-8(13)3-4-9(6)12-16-10(14)7(2)11(15)17-12/h3-5H,1-2H3. The monoisotopic (exact) mass is 286 g/mol. The van der Waals surface area contributed by atoms with Crippen LogP contribution < -0.4 is 0 Å². The summed E-state index contributed by atoms with van der Waals surface area (Å²) in [5, 5.41) is 1.42. The first-order valence-electron chi connectivity index (χ1n) is 4.95. The summed E-state index contributed by atoms with van der Waals surface area (Å²) in [5.41, 5.74) is 2.54. The third-order valence-corrected chi connectivity index (χ3v) is 3.43. The molecule has 0 radical (unpaired) electrons. The summed E-state index contributed by atoms with van der Waals surface area (Å²) >= 11 is 17.9. The molecule has 0 aliphatic carbocycles. The van der Waals surface area contributed by atoms with Gasteiger partial charge < -0.3 is 0 Å². The molecule has 0 saturated carbocycles. The van der Waals surface area contributed by atoms with Crippen LogP contribution in [0, 0.1) is 13.8 Å². The van der Waals surface area contributed by atoms with Crippen LogP contribution in [0.2, 0.25) is 15.3 Å². The molecular weight excluding hydrogens is 279 g/mol. The Kier molecular flexibility index (Phi) is 3.57. The minimum absolute atomic E-state index is 0.370. The Bertz CT molecular complexity index is 559. The first kappa shape index (κ1) is 12.6. The van der Waals surface area contributed by atoms with Gasteiger partial charge in [0.25, 0.3) is 0 Å². The lowest BCUT2D eigenvalue weighted by atomic mass is 10.1. The van der Waals surface area contributed by atoms with Crippen molar-refractivity contribution in [2.75, 3.05) is 0 Å². The Balaban J connectivity index is 2.61. The molecule has 1 heterocycles. The lowest BCUT2D eigenvalue weighted by molar-refractivity contribution is 1.13. The van der Waals surface area contributed by atoms with E-state index in [2.05, 4.69) is 9.97 Å². The highest BCUT2D eigenvalue weighted by atomic mass is 35.5. The Morgan fingerprint density at radius 3 is 2.06 bits per heavy atom. The molecule has 0 amide bonds. The van der Waals surface area contributed by atoms with Gasteiger partial charge in [0, 0.05) is 16.1 Å². The maximum Gasteiger partial charge on any atom is 0.162 e. The molecule has 88 valence electrons. The number of rotatable bonds is 1. The quantitative estimate of drug-likeness (QED) is 0.709. The van der Waals surface area contributed by atoms with Gasteiger partial charge in [-0.25, -0.2) is 9.97 Å². The average molecular weight is 288 g/mol. The van der Waals surface area contributed by atoms with Crippen molar-refractivity contribution < 1.29 is 0 Å². The molecule has 0 fully saturated rings. The molecule has 2 nitrogen and oxygen atoms in total. The third-order valence-electron chi connectivity index (χ3n) is 2.46. The van der Waals surface area contributed by atoms with Crippen LogP contribution in [0.3, 0.4) is 0 Å². The van der Waals surface area contributed by atoms with Gasteiger partial charge in [0.05, 0.1) is 0 Å². The van der Waals surface area contributed by atoms with E-state index in [1.165, 1.54) is 0 Å². The maximum atomic E-state index is 5.99. The molecule has 0 aliphatic rings. The summed E-state index contributed by atoms with van der Waals surface area (Å²) in [6.45, 7) is 3.72. The van der Waals surface area contributed by atoms with Gasteiger partial charge in [-0.1, -0.05) is 34.8 Å². The van der Waals surface area contributed by atoms with Crippen molar-refractivity contribution in [1.29, 1.82) is 0 Å². The second-order valence-corrected chi connectivity index (χ2v) is 4.87. The van der Waals surface area contributed by atoms with Gasteiger partial charge >= 0.3 is 0 Å². The number of aryl methyl sites for hydroxylation is 1. The van der Waals surface area contributed by atoms with Crippen molar-refractivity contribution in [3.05, 3.63) is 44.7 Å². The predicted octanol–water partition coefficient (Wildman–Crippen LogP) is 4.72. The van der Waals surface area contributed by atoms with E-state index in [1.807, 2.05) is 19.1 Å². The SMILES string of the molecule is Cc1cc(Cl)ccc1-c1nc(Cl)c(C)c(Cl)n1. The van der Waals surface area contributed by atoms with Crippen LogP contribution in [-0.4, -0.2) is 9.97 Å². The van der Waals surface area contributed by atoms with Crippen LogP contribution in [-0.2, 0) is 0 Å². The summed E-state index contributed by atoms with van der Waals surface area (Å²) in [4.78, 5) is 8.44. The summed E-state index contributed by atoms with van der Waals surface area (Å²) in [6.07, 6.45) is 0. The molecule has 0 unspecified atom stereocenters. The van der Waals surface area contributed by atoms with E-state index in [4.69, 9.17) is 34.8 Å². The average Bonchev–Trinajstić information content (AvgIpc) is 2.25. The fourth-order valence-electron chi connectivity index (χ4n) is 1.46. The highest BCUT2D eigenvalue weighted by Gasteiger charge is 2.11. The van der Waals surface area contributed by atoms with Crippen molar-refractivity contribution in [2.24, 2.45) is 0 Å². The second-order valence-electron chi connectivity index (χ2n) is 3.71. The molecule has 0 aliphatic heterocycles. The number of aromatic nitrogens is 2. The second kappa shape index (κ2) is 4.81. The Morgan fingerprint density at radius 1 is 0.941 bits per heavy atom. The van der Waals surface area contributed by atoms with E-state index >= 15 is 0 Å². The molecule has 1 aromatic carbocycles. The van der Waals surface area contributed by atoms with E-state index < -0.39 is 0 Å². The Labute approximate surface area is 115 Å². The summed E-state index contributed by atoms with van der Waals surface area (Å²) in [6, 6.07) is 5.49. The van der Waals surface area contributed by atoms with E-state index in [-0.39, 0.29) is 0 Å². The normalized spacial score (nSPS) is 10.6. The van der Waals surface area contributed by atoms with Crippen molar-refractivity contribution in [2.45, 2.75) is 13.8 Å². The van der Waals surface area contributed by atoms with Crippen molar-refractivity contribution >= 4 is 34.8 Å². The summed E-state index contributed by atoms with van der Waals surface area (Å²) < 4.78 is 0. The first-order valence-corrected chi connectivity index (χ1v) is 6.08. The van der Waals surface area contributed by atoms with Crippen molar-refractivity contribution in [3.8, 4) is 11.4 Å². The molecule has 5 heteroatoms. The van der Waals surface area contributed by atoms with E-state index in [0.717, 1.165) is 11.1 Å². The van der Waals surface area contributed by atoms with Crippen molar-refractivity contribution in [3.63, 3.8) is 0 Å². The minimum atomic E-state index is 0.370. The molecule has 0 N–H and O–H groups in total. The van der Waals surface area contributed by atoms with Gasteiger partial charge in [-0.2, -0.15) is 0 Å². The topological polar surface area (TPSA) is 25.8 Å². The largest absolute Gasteiger partial charge is 0.216 e. The van der Waals surface area contributed by atoms with Gasteiger partial charge in [0.2, 0.25) is 0 Å². The molecule has 2 rings (SSSR count). The van der Waals surface area contributed by atoms with Crippen molar-refractivity contribution in [1.82, 2.24) is 9.97 Å². The van der Waals surface area contributed by atoms with Gasteiger partial charge in [-0.15, -0.1) is 0 Å². The fourth-order valence-corrected chi connectivity index (χ4v) is 2.08. The van der Waals surface area contributed by atoms with Gasteiger partial charge in [-0.3, -0.25) is 0 Å². The minimum Gasteiger partial charge on any atom is -0.216 e. The van der Waals surface area contributed by atoms with Crippen LogP contribution in [0.5, 0.6) is 0 Å². The molecule has 0 bridgehead atoms. The van der Waals surface area contributed by atoms with Crippen LogP contribution in [0.4, 0.5) is 0 Å². The molecule has 17 heavy (non-hydrogen) atoms. The zero-order valence-corrected chi connectivity index (χ0v) is 11.5. The highest BCUT2D eigenvalue weighted by Crippen LogP contribution is 2.27. The summed E-state index contributed by atoms with van der Waals surface area (Å²) in [7, 11) is 0. The number of benzene rings is 1. The van der Waals surface area contributed by atoms with Gasteiger partial charge in [0.15, 0.2) is 5.82 Å². The number of hydrogen-bond acceptors (Lipinski definition) is 2. The van der Waals surface area contributed by atoms with Crippen LogP contribution >= 0.6 is 34.8 Å². The fraction of sp³-hybridized carbons (Fsp3) is 0.167. The number of nitrogens with zero attached hydrogens (tertiary/aromatic N) is 2. The summed E-state index contributed by atoms with van der Waals surface area (Å²) in [5.74, 6) is 0.514. The lowest BCUT2D eigenvalue weighted by Gasteiger charge is -2.07. The smallest absolute Gasteiger partial charge is 0.162 e. The predicted molar refractivity (Wildman–Crippen MR) is 72.0 cm³/mol. The third kappa shape index (κ3) is 2.54. The van der Waals surface area contributed by atoms with E-state index in [1.54, 1.807) is 13.0 Å². The zero-order chi connectivity index (χ0) is 12.6. The number of hydrogen-bond donors (Lipinski definition) is 0. The van der Waals surface area contributed by atoms with Crippen LogP contribution in [0.1, 0.15) is 11.1 Å². The molecule has 2 aromatic rings. The molecule has 1 aromatic heterocycles. The van der Waals surface area contributed by atoms with Gasteiger partial charge in [0.1, 0.15) is 10.3 Å². The number of halogens is 3. The van der Waals surface area contributed by atoms with Crippen LogP contribution in [0.25, 0.3) is 11.4 Å². The first-order chi connectivity index (χ1) is 7.99. The molecule has 0 spiro atoms.